The Balaban J connectivity index is 0.000000138. The molecule has 10 rings (SSSR count). The summed E-state index contributed by atoms with van der Waals surface area (Å²) in [5.74, 6) is 0.663. The summed E-state index contributed by atoms with van der Waals surface area (Å²) in [6.45, 7) is 5.37. The second-order valence-corrected chi connectivity index (χ2v) is 15.6. The number of benzene rings is 2. The van der Waals surface area contributed by atoms with Gasteiger partial charge in [-0.05, 0) is 118 Å². The monoisotopic (exact) mass is 867 g/mol. The van der Waals surface area contributed by atoms with Gasteiger partial charge in [0.1, 0.15) is 41.7 Å². The van der Waals surface area contributed by atoms with Crippen molar-refractivity contribution >= 4 is 56.3 Å². The number of pyridine rings is 4. The van der Waals surface area contributed by atoms with Crippen LogP contribution in [0.1, 0.15) is 35.1 Å². The molecule has 1 atom stereocenters. The van der Waals surface area contributed by atoms with Crippen LogP contribution in [0.2, 0.25) is 0 Å². The third-order valence-electron chi connectivity index (χ3n) is 11.0. The van der Waals surface area contributed by atoms with Gasteiger partial charge in [-0.3, -0.25) is 14.8 Å². The van der Waals surface area contributed by atoms with Gasteiger partial charge < -0.3 is 27.0 Å². The summed E-state index contributed by atoms with van der Waals surface area (Å²) in [4.78, 5) is 59.4. The summed E-state index contributed by atoms with van der Waals surface area (Å²) >= 11 is 0. The van der Waals surface area contributed by atoms with Crippen LogP contribution in [0, 0.1) is 12.7 Å². The minimum atomic E-state index is -0.337. The quantitative estimate of drug-likeness (QED) is 0.153. The highest BCUT2D eigenvalue weighted by Crippen LogP contribution is 2.31. The Morgan fingerprint density at radius 2 is 1.31 bits per heavy atom. The number of anilines is 3. The normalized spacial score (nSPS) is 13.4. The van der Waals surface area contributed by atoms with Crippen LogP contribution in [0.25, 0.3) is 66.6 Å². The molecule has 1 aliphatic rings. The van der Waals surface area contributed by atoms with E-state index in [1.807, 2.05) is 80.5 Å². The van der Waals surface area contributed by atoms with Crippen molar-refractivity contribution in [2.24, 2.45) is 0 Å². The largest absolute Gasteiger partial charge is 0.383 e. The van der Waals surface area contributed by atoms with Crippen LogP contribution in [0.4, 0.5) is 21.8 Å². The lowest BCUT2D eigenvalue weighted by Crippen LogP contribution is -2.34. The van der Waals surface area contributed by atoms with Gasteiger partial charge in [0, 0.05) is 59.4 Å². The molecule has 0 spiro atoms. The fraction of sp³-hybridized carbons (Fsp3) is 0.188. The fourth-order valence-electron chi connectivity index (χ4n) is 7.48. The van der Waals surface area contributed by atoms with Crippen LogP contribution in [0.5, 0.6) is 0 Å². The van der Waals surface area contributed by atoms with E-state index < -0.39 is 0 Å². The standard InChI is InChI=1S/C21H22FN5O.C14H13N5.C13H11N5/c1-26(2)16-6-7-27(11-16)21(28)18-10-14(13-4-3-5-15(22)8-13)9-17-19(18)24-12-25-20(17)23;1-2-10-7-9(5-6-16-10)11-3-4-12-13(19-11)14(15)18-8-17-12;1-8-6-9(4-5-15-8)10-2-3-11-12(18-10)13(14)17-7-16-11/h3-5,8-10,12,16H,6-7,11H2,1-2H3,(H2,23,24,25);3-8H,2H2,1H3,(H2,15,17,18);2-7H,1H3,(H2,14,16,17). The highest BCUT2D eigenvalue weighted by molar-refractivity contribution is 6.09. The molecule has 1 amide bonds. The van der Waals surface area contributed by atoms with Crippen molar-refractivity contribution in [2.75, 3.05) is 44.4 Å². The molecule has 0 aliphatic carbocycles. The molecule has 1 saturated heterocycles. The van der Waals surface area contributed by atoms with E-state index in [-0.39, 0.29) is 11.7 Å². The number of hydrogen-bond acceptors (Lipinski definition) is 15. The number of amides is 1. The third-order valence-corrected chi connectivity index (χ3v) is 11.0. The number of fused-ring (bicyclic) bond motifs is 3. The van der Waals surface area contributed by atoms with Crippen LogP contribution in [0.15, 0.2) is 116 Å². The fourth-order valence-corrected chi connectivity index (χ4v) is 7.48. The number of hydrogen-bond donors (Lipinski definition) is 3. The van der Waals surface area contributed by atoms with Crippen molar-refractivity contribution < 1.29 is 9.18 Å². The molecule has 0 saturated carbocycles. The van der Waals surface area contributed by atoms with Crippen molar-refractivity contribution in [3.63, 3.8) is 0 Å². The van der Waals surface area contributed by atoms with Crippen molar-refractivity contribution in [1.29, 1.82) is 0 Å². The van der Waals surface area contributed by atoms with Crippen LogP contribution < -0.4 is 17.2 Å². The van der Waals surface area contributed by atoms with Gasteiger partial charge in [-0.1, -0.05) is 19.1 Å². The Labute approximate surface area is 373 Å². The van der Waals surface area contributed by atoms with Gasteiger partial charge in [0.05, 0.1) is 33.5 Å². The Bertz CT molecular complexity index is 3180. The first-order valence-corrected chi connectivity index (χ1v) is 20.8. The maximum absolute atomic E-state index is 13.7. The zero-order valence-electron chi connectivity index (χ0n) is 36.3. The highest BCUT2D eigenvalue weighted by atomic mass is 19.1. The lowest BCUT2D eigenvalue weighted by atomic mass is 9.99. The molecule has 17 heteroatoms. The molecular formula is C48H46FN15O. The number of likely N-dealkylation sites (tertiary alicyclic amines) is 1. The molecule has 1 aliphatic heterocycles. The zero-order chi connectivity index (χ0) is 45.6. The Morgan fingerprint density at radius 3 is 1.92 bits per heavy atom. The number of halogens is 1. The van der Waals surface area contributed by atoms with Gasteiger partial charge in [0.15, 0.2) is 11.6 Å². The number of carbonyl (C=O) groups is 1. The second-order valence-electron chi connectivity index (χ2n) is 15.6. The SMILES string of the molecule is CCc1cc(-c2ccc3ncnc(N)c3n2)ccn1.CN(C)C1CCN(C(=O)c2cc(-c3cccc(F)c3)cc3c(N)ncnc23)C1.Cc1cc(-c2ccc3ncnc(N)c3n2)ccn1. The van der Waals surface area contributed by atoms with Gasteiger partial charge in [0.2, 0.25) is 0 Å². The summed E-state index contributed by atoms with van der Waals surface area (Å²) in [7, 11) is 4.04. The minimum absolute atomic E-state index is 0.0919. The van der Waals surface area contributed by atoms with Gasteiger partial charge in [-0.25, -0.2) is 44.3 Å². The summed E-state index contributed by atoms with van der Waals surface area (Å²) in [5, 5.41) is 0.593. The van der Waals surface area contributed by atoms with E-state index in [1.165, 1.54) is 31.1 Å². The molecule has 0 radical (unpaired) electrons. The number of nitrogens with zero attached hydrogens (tertiary/aromatic N) is 12. The molecule has 7 aromatic heterocycles. The summed E-state index contributed by atoms with van der Waals surface area (Å²) in [6, 6.07) is 25.7. The molecule has 16 nitrogen and oxygen atoms in total. The molecule has 9 aromatic rings. The van der Waals surface area contributed by atoms with Crippen molar-refractivity contribution in [2.45, 2.75) is 32.7 Å². The van der Waals surface area contributed by atoms with Crippen LogP contribution in [-0.4, -0.2) is 98.8 Å². The van der Waals surface area contributed by atoms with Gasteiger partial charge in [-0.2, -0.15) is 0 Å². The highest BCUT2D eigenvalue weighted by Gasteiger charge is 2.30. The smallest absolute Gasteiger partial charge is 0.256 e. The van der Waals surface area contributed by atoms with Crippen molar-refractivity contribution in [3.05, 3.63) is 139 Å². The molecular weight excluding hydrogens is 822 g/mol. The number of nitrogens with two attached hydrogens (primary N) is 3. The zero-order valence-corrected chi connectivity index (χ0v) is 36.3. The minimum Gasteiger partial charge on any atom is -0.383 e. The number of rotatable bonds is 6. The van der Waals surface area contributed by atoms with E-state index in [9.17, 15) is 9.18 Å². The van der Waals surface area contributed by atoms with Gasteiger partial charge in [0.25, 0.3) is 5.91 Å². The number of carbonyl (C=O) groups excluding carboxylic acids is 1. The van der Waals surface area contributed by atoms with E-state index in [4.69, 9.17) is 17.2 Å². The van der Waals surface area contributed by atoms with Crippen LogP contribution >= 0.6 is 0 Å². The number of aryl methyl sites for hydroxylation is 2. The molecule has 2 aromatic carbocycles. The van der Waals surface area contributed by atoms with E-state index >= 15 is 0 Å². The van der Waals surface area contributed by atoms with Gasteiger partial charge in [-0.15, -0.1) is 0 Å². The number of likely N-dealkylation sites (N-methyl/N-ethyl adjacent to an activating group) is 1. The predicted octanol–water partition coefficient (Wildman–Crippen LogP) is 7.00. The van der Waals surface area contributed by atoms with Gasteiger partial charge >= 0.3 is 0 Å². The number of aromatic nitrogens is 10. The Hall–Kier alpha value is -8.18. The van der Waals surface area contributed by atoms with Crippen molar-refractivity contribution in [1.82, 2.24) is 59.6 Å². The van der Waals surface area contributed by atoms with E-state index in [1.54, 1.807) is 30.6 Å². The van der Waals surface area contributed by atoms with E-state index in [2.05, 4.69) is 61.7 Å². The first-order valence-electron chi connectivity index (χ1n) is 20.8. The third kappa shape index (κ3) is 9.74. The van der Waals surface area contributed by atoms with Crippen LogP contribution in [0.3, 0.4) is 0 Å². The predicted molar refractivity (Wildman–Crippen MR) is 251 cm³/mol. The average Bonchev–Trinajstić information content (AvgIpc) is 3.83. The van der Waals surface area contributed by atoms with E-state index in [0.717, 1.165) is 57.8 Å². The first-order chi connectivity index (χ1) is 31.4. The molecule has 6 N–H and O–H groups in total. The Kier molecular flexibility index (Phi) is 12.7. The molecule has 1 unspecified atom stereocenters. The summed E-state index contributed by atoms with van der Waals surface area (Å²) < 4.78 is 13.7. The van der Waals surface area contributed by atoms with Crippen molar-refractivity contribution in [3.8, 4) is 33.6 Å². The summed E-state index contributed by atoms with van der Waals surface area (Å²) in [5.41, 5.74) is 28.5. The first kappa shape index (κ1) is 43.5. The average molecular weight is 868 g/mol. The lowest BCUT2D eigenvalue weighted by Gasteiger charge is -2.21. The molecule has 326 valence electrons. The molecule has 65 heavy (non-hydrogen) atoms. The molecule has 8 heterocycles. The maximum atomic E-state index is 13.7. The lowest BCUT2D eigenvalue weighted by molar-refractivity contribution is 0.0785. The summed E-state index contributed by atoms with van der Waals surface area (Å²) in [6.07, 6.45) is 9.63. The topological polar surface area (TPSA) is 231 Å². The van der Waals surface area contributed by atoms with E-state index in [0.29, 0.717) is 75.2 Å². The van der Waals surface area contributed by atoms with Crippen LogP contribution in [-0.2, 0) is 6.42 Å². The Morgan fingerprint density at radius 1 is 0.677 bits per heavy atom. The second kappa shape index (κ2) is 19.1. The molecule has 1 fully saturated rings. The molecule has 0 bridgehead atoms. The number of nitrogen functional groups attached to an aromatic ring is 3. The maximum Gasteiger partial charge on any atom is 0.256 e.